The van der Waals surface area contributed by atoms with Crippen LogP contribution < -0.4 is 9.47 Å². The van der Waals surface area contributed by atoms with Gasteiger partial charge in [0.1, 0.15) is 11.5 Å². The first-order valence-corrected chi connectivity index (χ1v) is 8.17. The first-order chi connectivity index (χ1) is 11.2. The van der Waals surface area contributed by atoms with Crippen LogP contribution in [0.1, 0.15) is 12.6 Å². The minimum atomic E-state index is -0.490. The van der Waals surface area contributed by atoms with Crippen LogP contribution in [0.15, 0.2) is 41.9 Å². The molecule has 0 saturated heterocycles. The molecular formula is C16H13ClN2O3S. The predicted octanol–water partition coefficient (Wildman–Crippen LogP) is 4.07. The number of hydrogen-bond acceptors (Lipinski definition) is 5. The van der Waals surface area contributed by atoms with Crippen molar-refractivity contribution in [1.29, 1.82) is 0 Å². The van der Waals surface area contributed by atoms with E-state index in [-0.39, 0.29) is 0 Å². The molecule has 7 heteroatoms. The molecule has 0 aliphatic heterocycles. The molecule has 1 aromatic carbocycles. The molecule has 0 amide bonds. The number of ether oxygens (including phenoxy) is 2. The summed E-state index contributed by atoms with van der Waals surface area (Å²) in [6.07, 6.45) is 4.76. The minimum Gasteiger partial charge on any atom is -0.494 e. The standard InChI is InChI=1S/C16H13ClN2O3S/c1-2-21-11-3-5-12(6-4-11)22-14(20)8-7-13-15(17)18-16-19(13)9-10-23-16/h3-10H,2H2,1H3/b8-7-. The topological polar surface area (TPSA) is 52.8 Å². The molecule has 23 heavy (non-hydrogen) atoms. The summed E-state index contributed by atoms with van der Waals surface area (Å²) < 4.78 is 12.4. The molecule has 0 spiro atoms. The first-order valence-electron chi connectivity index (χ1n) is 6.91. The number of aromatic nitrogens is 2. The van der Waals surface area contributed by atoms with Gasteiger partial charge in [-0.2, -0.15) is 0 Å². The molecule has 118 valence electrons. The lowest BCUT2D eigenvalue weighted by Gasteiger charge is -2.04. The molecular weight excluding hydrogens is 336 g/mol. The predicted molar refractivity (Wildman–Crippen MR) is 90.4 cm³/mol. The van der Waals surface area contributed by atoms with Crippen LogP contribution in [-0.4, -0.2) is 22.0 Å². The number of nitrogens with zero attached hydrogens (tertiary/aromatic N) is 2. The summed E-state index contributed by atoms with van der Waals surface area (Å²) in [4.78, 5) is 16.9. The smallest absolute Gasteiger partial charge is 0.336 e. The third kappa shape index (κ3) is 3.55. The molecule has 2 aromatic heterocycles. The van der Waals surface area contributed by atoms with Crippen LogP contribution in [0.4, 0.5) is 0 Å². The Labute approximate surface area is 141 Å². The van der Waals surface area contributed by atoms with Crippen molar-refractivity contribution in [3.8, 4) is 11.5 Å². The van der Waals surface area contributed by atoms with Crippen molar-refractivity contribution in [3.05, 3.63) is 52.8 Å². The van der Waals surface area contributed by atoms with Gasteiger partial charge < -0.3 is 9.47 Å². The second kappa shape index (κ2) is 6.85. The van der Waals surface area contributed by atoms with Gasteiger partial charge in [-0.3, -0.25) is 4.40 Å². The van der Waals surface area contributed by atoms with Crippen molar-refractivity contribution >= 4 is 39.9 Å². The van der Waals surface area contributed by atoms with Gasteiger partial charge in [0, 0.05) is 17.7 Å². The second-order valence-electron chi connectivity index (χ2n) is 4.50. The SMILES string of the molecule is CCOc1ccc(OC(=O)/C=C\c2c(Cl)nc3sccn23)cc1. The van der Waals surface area contributed by atoms with Crippen molar-refractivity contribution in [1.82, 2.24) is 9.38 Å². The van der Waals surface area contributed by atoms with Gasteiger partial charge in [0.05, 0.1) is 12.3 Å². The maximum Gasteiger partial charge on any atom is 0.336 e. The third-order valence-electron chi connectivity index (χ3n) is 2.98. The summed E-state index contributed by atoms with van der Waals surface area (Å²) in [7, 11) is 0. The molecule has 0 radical (unpaired) electrons. The number of rotatable bonds is 5. The Bertz CT molecular complexity index is 852. The van der Waals surface area contributed by atoms with E-state index >= 15 is 0 Å². The normalized spacial score (nSPS) is 11.2. The molecule has 0 aliphatic rings. The Balaban J connectivity index is 1.69. The van der Waals surface area contributed by atoms with Gasteiger partial charge in [-0.15, -0.1) is 11.3 Å². The van der Waals surface area contributed by atoms with Gasteiger partial charge in [-0.25, -0.2) is 9.78 Å². The van der Waals surface area contributed by atoms with E-state index in [9.17, 15) is 4.79 Å². The lowest BCUT2D eigenvalue weighted by Crippen LogP contribution is -2.03. The summed E-state index contributed by atoms with van der Waals surface area (Å²) in [5, 5.41) is 2.25. The average molecular weight is 349 g/mol. The fourth-order valence-electron chi connectivity index (χ4n) is 1.99. The number of hydrogen-bond donors (Lipinski definition) is 0. The lowest BCUT2D eigenvalue weighted by atomic mass is 10.3. The molecule has 3 aromatic rings. The van der Waals surface area contributed by atoms with Crippen LogP contribution in [-0.2, 0) is 4.79 Å². The van der Waals surface area contributed by atoms with Crippen LogP contribution in [0.2, 0.25) is 5.15 Å². The van der Waals surface area contributed by atoms with Gasteiger partial charge >= 0.3 is 5.97 Å². The zero-order chi connectivity index (χ0) is 16.2. The van der Waals surface area contributed by atoms with Crippen LogP contribution in [0.25, 0.3) is 11.0 Å². The first kappa shape index (κ1) is 15.6. The molecule has 0 fully saturated rings. The van der Waals surface area contributed by atoms with E-state index in [0.717, 1.165) is 10.7 Å². The largest absolute Gasteiger partial charge is 0.494 e. The van der Waals surface area contributed by atoms with Gasteiger partial charge in [0.25, 0.3) is 0 Å². The number of carbonyl (C=O) groups excluding carboxylic acids is 1. The number of imidazole rings is 1. The number of benzene rings is 1. The lowest BCUT2D eigenvalue weighted by molar-refractivity contribution is -0.128. The summed E-state index contributed by atoms with van der Waals surface area (Å²) in [6.45, 7) is 2.50. The molecule has 5 nitrogen and oxygen atoms in total. The zero-order valence-electron chi connectivity index (χ0n) is 12.2. The van der Waals surface area contributed by atoms with Crippen molar-refractivity contribution in [2.24, 2.45) is 0 Å². The van der Waals surface area contributed by atoms with Crippen LogP contribution in [0.5, 0.6) is 11.5 Å². The molecule has 0 saturated carbocycles. The number of halogens is 1. The quantitative estimate of drug-likeness (QED) is 0.396. The van der Waals surface area contributed by atoms with E-state index in [0.29, 0.717) is 23.2 Å². The van der Waals surface area contributed by atoms with E-state index in [1.807, 2.05) is 22.9 Å². The molecule has 0 atom stereocenters. The Morgan fingerprint density at radius 3 is 2.83 bits per heavy atom. The second-order valence-corrected chi connectivity index (χ2v) is 5.73. The average Bonchev–Trinajstić information content (AvgIpc) is 3.08. The molecule has 0 N–H and O–H groups in total. The monoisotopic (exact) mass is 348 g/mol. The maximum absolute atomic E-state index is 11.9. The third-order valence-corrected chi connectivity index (χ3v) is 4.02. The summed E-state index contributed by atoms with van der Waals surface area (Å²) >= 11 is 7.53. The molecule has 0 aliphatic carbocycles. The van der Waals surface area contributed by atoms with Crippen molar-refractivity contribution < 1.29 is 14.3 Å². The van der Waals surface area contributed by atoms with Crippen LogP contribution in [0.3, 0.4) is 0 Å². The van der Waals surface area contributed by atoms with E-state index in [1.54, 1.807) is 30.3 Å². The fraction of sp³-hybridized carbons (Fsp3) is 0.125. The van der Waals surface area contributed by atoms with Crippen LogP contribution in [0, 0.1) is 0 Å². The Morgan fingerprint density at radius 2 is 2.09 bits per heavy atom. The van der Waals surface area contributed by atoms with Crippen molar-refractivity contribution in [3.63, 3.8) is 0 Å². The number of fused-ring (bicyclic) bond motifs is 1. The number of esters is 1. The summed E-state index contributed by atoms with van der Waals surface area (Å²) in [5.74, 6) is 0.687. The zero-order valence-corrected chi connectivity index (χ0v) is 13.8. The van der Waals surface area contributed by atoms with Gasteiger partial charge in [-0.1, -0.05) is 11.6 Å². The van der Waals surface area contributed by atoms with E-state index in [1.165, 1.54) is 17.4 Å². The van der Waals surface area contributed by atoms with Gasteiger partial charge in [-0.05, 0) is 37.3 Å². The summed E-state index contributed by atoms with van der Waals surface area (Å²) in [6, 6.07) is 6.86. The fourth-order valence-corrected chi connectivity index (χ4v) is 3.00. The van der Waals surface area contributed by atoms with Crippen molar-refractivity contribution in [2.45, 2.75) is 6.92 Å². The highest BCUT2D eigenvalue weighted by atomic mass is 35.5. The molecule has 0 bridgehead atoms. The number of thiazole rings is 1. The highest BCUT2D eigenvalue weighted by Gasteiger charge is 2.09. The molecule has 0 unspecified atom stereocenters. The van der Waals surface area contributed by atoms with Gasteiger partial charge in [0.15, 0.2) is 10.1 Å². The molecule has 3 rings (SSSR count). The minimum absolute atomic E-state index is 0.349. The highest BCUT2D eigenvalue weighted by Crippen LogP contribution is 2.22. The van der Waals surface area contributed by atoms with Crippen LogP contribution >= 0.6 is 22.9 Å². The summed E-state index contributed by atoms with van der Waals surface area (Å²) in [5.41, 5.74) is 0.645. The Kier molecular flexibility index (Phi) is 4.64. The van der Waals surface area contributed by atoms with E-state index in [2.05, 4.69) is 4.98 Å². The molecule has 2 heterocycles. The van der Waals surface area contributed by atoms with E-state index in [4.69, 9.17) is 21.1 Å². The maximum atomic E-state index is 11.9. The highest BCUT2D eigenvalue weighted by molar-refractivity contribution is 7.15. The van der Waals surface area contributed by atoms with Crippen molar-refractivity contribution in [2.75, 3.05) is 6.61 Å². The Morgan fingerprint density at radius 1 is 1.35 bits per heavy atom. The van der Waals surface area contributed by atoms with Gasteiger partial charge in [0.2, 0.25) is 0 Å². The van der Waals surface area contributed by atoms with E-state index < -0.39 is 5.97 Å². The number of carbonyl (C=O) groups is 1. The Hall–Kier alpha value is -2.31.